The molecule has 26 heavy (non-hydrogen) atoms. The van der Waals surface area contributed by atoms with Crippen LogP contribution in [0.5, 0.6) is 17.2 Å². The Balaban J connectivity index is 1.71. The molecule has 0 N–H and O–H groups in total. The predicted molar refractivity (Wildman–Crippen MR) is 101 cm³/mol. The van der Waals surface area contributed by atoms with Gasteiger partial charge in [0.1, 0.15) is 5.75 Å². The second-order valence-corrected chi connectivity index (χ2v) is 6.09. The first-order chi connectivity index (χ1) is 12.6. The van der Waals surface area contributed by atoms with E-state index in [0.717, 1.165) is 23.3 Å². The molecule has 1 amide bonds. The number of rotatable bonds is 5. The highest BCUT2D eigenvalue weighted by Gasteiger charge is 2.19. The lowest BCUT2D eigenvalue weighted by Crippen LogP contribution is -2.34. The lowest BCUT2D eigenvalue weighted by atomic mass is 9.99. The number of methoxy groups -OCH3 is 3. The molecule has 0 saturated carbocycles. The zero-order valence-electron chi connectivity index (χ0n) is 15.3. The van der Waals surface area contributed by atoms with Crippen LogP contribution in [0.3, 0.4) is 0 Å². The van der Waals surface area contributed by atoms with Crippen LogP contribution in [0, 0.1) is 0 Å². The molecule has 1 aliphatic rings. The van der Waals surface area contributed by atoms with Gasteiger partial charge >= 0.3 is 0 Å². The quantitative estimate of drug-likeness (QED) is 0.774. The van der Waals surface area contributed by atoms with Crippen molar-refractivity contribution in [2.75, 3.05) is 27.9 Å². The van der Waals surface area contributed by atoms with E-state index >= 15 is 0 Å². The van der Waals surface area contributed by atoms with Crippen LogP contribution in [-0.2, 0) is 17.8 Å². The first-order valence-corrected chi connectivity index (χ1v) is 8.49. The third-order valence-electron chi connectivity index (χ3n) is 4.56. The summed E-state index contributed by atoms with van der Waals surface area (Å²) in [6.07, 6.45) is 4.26. The summed E-state index contributed by atoms with van der Waals surface area (Å²) in [5.74, 6) is 2.12. The molecule has 5 heteroatoms. The van der Waals surface area contributed by atoms with E-state index < -0.39 is 0 Å². The third-order valence-corrected chi connectivity index (χ3v) is 4.56. The van der Waals surface area contributed by atoms with Gasteiger partial charge in [0.15, 0.2) is 11.5 Å². The Labute approximate surface area is 153 Å². The van der Waals surface area contributed by atoms with Crippen LogP contribution in [0.15, 0.2) is 42.5 Å². The Morgan fingerprint density at radius 3 is 2.50 bits per heavy atom. The number of hydrogen-bond acceptors (Lipinski definition) is 4. The van der Waals surface area contributed by atoms with Gasteiger partial charge in [-0.3, -0.25) is 4.79 Å². The molecule has 0 radical (unpaired) electrons. The maximum atomic E-state index is 12.6. The Morgan fingerprint density at radius 2 is 1.77 bits per heavy atom. The fourth-order valence-corrected chi connectivity index (χ4v) is 3.08. The Kier molecular flexibility index (Phi) is 5.46. The van der Waals surface area contributed by atoms with E-state index in [1.54, 1.807) is 33.5 Å². The van der Waals surface area contributed by atoms with Gasteiger partial charge in [-0.05, 0) is 53.5 Å². The predicted octanol–water partition coefficient (Wildman–Crippen LogP) is 3.31. The van der Waals surface area contributed by atoms with E-state index in [9.17, 15) is 4.79 Å². The number of hydrogen-bond donors (Lipinski definition) is 0. The minimum Gasteiger partial charge on any atom is -0.497 e. The first-order valence-electron chi connectivity index (χ1n) is 8.49. The average molecular weight is 353 g/mol. The lowest BCUT2D eigenvalue weighted by Gasteiger charge is -2.28. The van der Waals surface area contributed by atoms with Crippen molar-refractivity contribution in [1.29, 1.82) is 0 Å². The topological polar surface area (TPSA) is 48.0 Å². The molecule has 0 spiro atoms. The standard InChI is InChI=1S/C21H23NO4/c1-24-18-7-6-16-10-11-22(14-17(16)13-18)21(23)9-5-15-4-8-19(25-2)20(12-15)26-3/h4-9,12-13H,10-11,14H2,1-3H3/b9-5+. The molecule has 5 nitrogen and oxygen atoms in total. The first kappa shape index (κ1) is 17.9. The molecule has 136 valence electrons. The van der Waals surface area contributed by atoms with Gasteiger partial charge in [0.2, 0.25) is 5.91 Å². The molecule has 1 heterocycles. The van der Waals surface area contributed by atoms with Crippen molar-refractivity contribution in [2.45, 2.75) is 13.0 Å². The highest BCUT2D eigenvalue weighted by molar-refractivity contribution is 5.92. The molecule has 2 aromatic carbocycles. The van der Waals surface area contributed by atoms with E-state index in [2.05, 4.69) is 6.07 Å². The SMILES string of the molecule is COc1ccc2c(c1)CN(C(=O)/C=C/c1ccc(OC)c(OC)c1)CC2. The van der Waals surface area contributed by atoms with Crippen molar-refractivity contribution < 1.29 is 19.0 Å². The van der Waals surface area contributed by atoms with Gasteiger partial charge in [0.25, 0.3) is 0 Å². The maximum absolute atomic E-state index is 12.6. The fourth-order valence-electron chi connectivity index (χ4n) is 3.08. The summed E-state index contributed by atoms with van der Waals surface area (Å²) in [7, 11) is 4.84. The van der Waals surface area contributed by atoms with Crippen molar-refractivity contribution in [3.05, 3.63) is 59.2 Å². The van der Waals surface area contributed by atoms with Crippen LogP contribution in [0.25, 0.3) is 6.08 Å². The van der Waals surface area contributed by atoms with Gasteiger partial charge < -0.3 is 19.1 Å². The van der Waals surface area contributed by atoms with E-state index in [1.807, 2.05) is 35.2 Å². The number of fused-ring (bicyclic) bond motifs is 1. The van der Waals surface area contributed by atoms with Crippen LogP contribution in [-0.4, -0.2) is 38.7 Å². The van der Waals surface area contributed by atoms with Crippen molar-refractivity contribution in [3.8, 4) is 17.2 Å². The molecule has 0 atom stereocenters. The van der Waals surface area contributed by atoms with Gasteiger partial charge in [-0.2, -0.15) is 0 Å². The van der Waals surface area contributed by atoms with Gasteiger partial charge in [-0.15, -0.1) is 0 Å². The summed E-state index contributed by atoms with van der Waals surface area (Å²) in [6, 6.07) is 11.6. The van der Waals surface area contributed by atoms with E-state index in [0.29, 0.717) is 24.6 Å². The van der Waals surface area contributed by atoms with Crippen molar-refractivity contribution in [1.82, 2.24) is 4.90 Å². The van der Waals surface area contributed by atoms with E-state index in [-0.39, 0.29) is 5.91 Å². The molecule has 0 unspecified atom stereocenters. The number of amides is 1. The molecular weight excluding hydrogens is 330 g/mol. The highest BCUT2D eigenvalue weighted by atomic mass is 16.5. The number of carbonyl (C=O) groups excluding carboxylic acids is 1. The smallest absolute Gasteiger partial charge is 0.246 e. The molecule has 0 bridgehead atoms. The summed E-state index contributed by atoms with van der Waals surface area (Å²) in [5, 5.41) is 0. The van der Waals surface area contributed by atoms with Crippen LogP contribution in [0.2, 0.25) is 0 Å². The van der Waals surface area contributed by atoms with Crippen molar-refractivity contribution in [2.24, 2.45) is 0 Å². The third kappa shape index (κ3) is 3.82. The molecule has 1 aliphatic heterocycles. The summed E-state index contributed by atoms with van der Waals surface area (Å²) in [4.78, 5) is 14.4. The van der Waals surface area contributed by atoms with Gasteiger partial charge in [-0.1, -0.05) is 12.1 Å². The Bertz CT molecular complexity index is 829. The minimum atomic E-state index is -0.00625. The van der Waals surface area contributed by atoms with Crippen LogP contribution >= 0.6 is 0 Å². The van der Waals surface area contributed by atoms with Gasteiger partial charge in [0.05, 0.1) is 21.3 Å². The fraction of sp³-hybridized carbons (Fsp3) is 0.286. The summed E-state index contributed by atoms with van der Waals surface area (Å²) < 4.78 is 15.8. The van der Waals surface area contributed by atoms with Crippen LogP contribution in [0.1, 0.15) is 16.7 Å². The number of benzene rings is 2. The second-order valence-electron chi connectivity index (χ2n) is 6.09. The zero-order chi connectivity index (χ0) is 18.5. The van der Waals surface area contributed by atoms with Crippen LogP contribution < -0.4 is 14.2 Å². The van der Waals surface area contributed by atoms with Gasteiger partial charge in [0, 0.05) is 19.2 Å². The molecule has 3 rings (SSSR count). The van der Waals surface area contributed by atoms with Crippen LogP contribution in [0.4, 0.5) is 0 Å². The molecule has 0 saturated heterocycles. The second kappa shape index (κ2) is 7.95. The van der Waals surface area contributed by atoms with E-state index in [1.165, 1.54) is 5.56 Å². The maximum Gasteiger partial charge on any atom is 0.246 e. The lowest BCUT2D eigenvalue weighted by molar-refractivity contribution is -0.126. The monoisotopic (exact) mass is 353 g/mol. The summed E-state index contributed by atoms with van der Waals surface area (Å²) in [6.45, 7) is 1.32. The van der Waals surface area contributed by atoms with E-state index in [4.69, 9.17) is 14.2 Å². The molecule has 2 aromatic rings. The highest BCUT2D eigenvalue weighted by Crippen LogP contribution is 2.28. The molecular formula is C21H23NO4. The number of nitrogens with zero attached hydrogens (tertiary/aromatic N) is 1. The van der Waals surface area contributed by atoms with Gasteiger partial charge in [-0.25, -0.2) is 0 Å². The average Bonchev–Trinajstić information content (AvgIpc) is 2.70. The normalized spacial score (nSPS) is 13.4. The Morgan fingerprint density at radius 1 is 0.962 bits per heavy atom. The molecule has 0 aromatic heterocycles. The molecule has 0 fully saturated rings. The summed E-state index contributed by atoms with van der Waals surface area (Å²) in [5.41, 5.74) is 3.30. The van der Waals surface area contributed by atoms with Crippen molar-refractivity contribution >= 4 is 12.0 Å². The number of carbonyl (C=O) groups is 1. The zero-order valence-corrected chi connectivity index (χ0v) is 15.3. The van der Waals surface area contributed by atoms with Crippen molar-refractivity contribution in [3.63, 3.8) is 0 Å². The molecule has 0 aliphatic carbocycles. The summed E-state index contributed by atoms with van der Waals surface area (Å²) >= 11 is 0. The minimum absolute atomic E-state index is 0.00625. The number of ether oxygens (including phenoxy) is 3. The largest absolute Gasteiger partial charge is 0.497 e. The Hall–Kier alpha value is -2.95.